The molecule has 0 bridgehead atoms. The first-order valence-electron chi connectivity index (χ1n) is 7.19. The highest BCUT2D eigenvalue weighted by atomic mass is 16.5. The van der Waals surface area contributed by atoms with E-state index >= 15 is 0 Å². The number of carbonyl (C=O) groups is 2. The van der Waals surface area contributed by atoms with Crippen LogP contribution in [0.15, 0.2) is 24.3 Å². The van der Waals surface area contributed by atoms with Crippen molar-refractivity contribution >= 4 is 11.8 Å². The van der Waals surface area contributed by atoms with Crippen LogP contribution in [0.1, 0.15) is 49.4 Å². The molecule has 4 nitrogen and oxygen atoms in total. The van der Waals surface area contributed by atoms with Gasteiger partial charge in [0.1, 0.15) is 5.75 Å². The molecule has 1 aliphatic rings. The molecule has 4 heteroatoms. The van der Waals surface area contributed by atoms with Crippen molar-refractivity contribution in [2.75, 3.05) is 6.61 Å². The molecule has 0 aromatic heterocycles. The number of hydrogen-bond acceptors (Lipinski definition) is 4. The van der Waals surface area contributed by atoms with E-state index in [9.17, 15) is 9.59 Å². The molecule has 0 amide bonds. The first-order chi connectivity index (χ1) is 9.70. The summed E-state index contributed by atoms with van der Waals surface area (Å²) >= 11 is 0. The Kier molecular flexibility index (Phi) is 5.16. The van der Waals surface area contributed by atoms with Gasteiger partial charge in [0.2, 0.25) is 0 Å². The summed E-state index contributed by atoms with van der Waals surface area (Å²) in [6, 6.07) is 6.69. The summed E-state index contributed by atoms with van der Waals surface area (Å²) in [6.45, 7) is 1.87. The second-order valence-electron chi connectivity index (χ2n) is 4.95. The number of ketones is 1. The predicted molar refractivity (Wildman–Crippen MR) is 74.9 cm³/mol. The van der Waals surface area contributed by atoms with Gasteiger partial charge in [0.05, 0.1) is 12.7 Å². The maximum Gasteiger partial charge on any atom is 0.379 e. The van der Waals surface area contributed by atoms with E-state index in [1.54, 1.807) is 31.2 Å². The van der Waals surface area contributed by atoms with E-state index in [4.69, 9.17) is 9.47 Å². The van der Waals surface area contributed by atoms with E-state index < -0.39 is 11.8 Å². The third-order valence-electron chi connectivity index (χ3n) is 3.43. The Bertz CT molecular complexity index is 458. The van der Waals surface area contributed by atoms with Crippen LogP contribution < -0.4 is 4.74 Å². The second kappa shape index (κ2) is 7.08. The molecule has 0 aliphatic heterocycles. The zero-order valence-electron chi connectivity index (χ0n) is 11.8. The summed E-state index contributed by atoms with van der Waals surface area (Å²) in [5.41, 5.74) is 0.333. The summed E-state index contributed by atoms with van der Waals surface area (Å²) < 4.78 is 10.6. The van der Waals surface area contributed by atoms with Gasteiger partial charge in [-0.3, -0.25) is 4.79 Å². The van der Waals surface area contributed by atoms with E-state index in [1.165, 1.54) is 19.3 Å². The maximum absolute atomic E-state index is 11.7. The molecule has 0 heterocycles. The lowest BCUT2D eigenvalue weighted by atomic mass is 9.98. The highest BCUT2D eigenvalue weighted by Gasteiger charge is 2.18. The van der Waals surface area contributed by atoms with E-state index in [0.29, 0.717) is 5.56 Å². The van der Waals surface area contributed by atoms with Gasteiger partial charge in [-0.15, -0.1) is 0 Å². The summed E-state index contributed by atoms with van der Waals surface area (Å²) in [7, 11) is 0. The van der Waals surface area contributed by atoms with Crippen LogP contribution in [0.5, 0.6) is 5.75 Å². The fourth-order valence-corrected chi connectivity index (χ4v) is 2.37. The van der Waals surface area contributed by atoms with Crippen molar-refractivity contribution in [3.63, 3.8) is 0 Å². The molecule has 1 saturated carbocycles. The number of Topliss-reactive ketones (excluding diaryl/α,β-unsaturated/α-hetero) is 1. The van der Waals surface area contributed by atoms with Crippen molar-refractivity contribution < 1.29 is 19.1 Å². The summed E-state index contributed by atoms with van der Waals surface area (Å²) in [5.74, 6) is -0.679. The number of ether oxygens (including phenoxy) is 2. The summed E-state index contributed by atoms with van der Waals surface area (Å²) in [5, 5.41) is 0. The smallest absolute Gasteiger partial charge is 0.379 e. The number of benzene rings is 1. The molecule has 108 valence electrons. The topological polar surface area (TPSA) is 52.6 Å². The zero-order valence-corrected chi connectivity index (χ0v) is 11.8. The zero-order chi connectivity index (χ0) is 14.4. The van der Waals surface area contributed by atoms with E-state index in [0.717, 1.165) is 18.6 Å². The van der Waals surface area contributed by atoms with Gasteiger partial charge in [-0.25, -0.2) is 4.79 Å². The van der Waals surface area contributed by atoms with Crippen molar-refractivity contribution in [1.29, 1.82) is 0 Å². The molecule has 0 N–H and O–H groups in total. The van der Waals surface area contributed by atoms with Gasteiger partial charge in [-0.05, 0) is 56.9 Å². The lowest BCUT2D eigenvalue weighted by molar-refractivity contribution is -0.137. The van der Waals surface area contributed by atoms with E-state index in [-0.39, 0.29) is 12.7 Å². The Morgan fingerprint density at radius 1 is 1.10 bits per heavy atom. The fourth-order valence-electron chi connectivity index (χ4n) is 2.37. The van der Waals surface area contributed by atoms with Crippen molar-refractivity contribution in [2.24, 2.45) is 0 Å². The van der Waals surface area contributed by atoms with Gasteiger partial charge < -0.3 is 9.47 Å². The molecule has 1 fully saturated rings. The Morgan fingerprint density at radius 2 is 1.75 bits per heavy atom. The Morgan fingerprint density at radius 3 is 2.35 bits per heavy atom. The van der Waals surface area contributed by atoms with Crippen molar-refractivity contribution in [1.82, 2.24) is 0 Å². The van der Waals surface area contributed by atoms with Gasteiger partial charge in [0, 0.05) is 5.56 Å². The molecular formula is C16H20O4. The second-order valence-corrected chi connectivity index (χ2v) is 4.95. The van der Waals surface area contributed by atoms with Gasteiger partial charge >= 0.3 is 5.97 Å². The van der Waals surface area contributed by atoms with Crippen LogP contribution in [0.4, 0.5) is 0 Å². The standard InChI is InChI=1S/C16H20O4/c1-2-19-16(18)15(17)12-8-10-14(11-9-12)20-13-6-4-3-5-7-13/h8-11,13H,2-7H2,1H3. The van der Waals surface area contributed by atoms with Crippen LogP contribution in [0.3, 0.4) is 0 Å². The van der Waals surface area contributed by atoms with Crippen LogP contribution >= 0.6 is 0 Å². The molecule has 0 atom stereocenters. The summed E-state index contributed by atoms with van der Waals surface area (Å²) in [4.78, 5) is 23.1. The largest absolute Gasteiger partial charge is 0.490 e. The average Bonchev–Trinajstić information content (AvgIpc) is 2.48. The minimum Gasteiger partial charge on any atom is -0.490 e. The van der Waals surface area contributed by atoms with Crippen LogP contribution in [0.2, 0.25) is 0 Å². The number of esters is 1. The monoisotopic (exact) mass is 276 g/mol. The first kappa shape index (κ1) is 14.6. The summed E-state index contributed by atoms with van der Waals surface area (Å²) in [6.07, 6.45) is 6.16. The SMILES string of the molecule is CCOC(=O)C(=O)c1ccc(OC2CCCCC2)cc1. The molecule has 0 saturated heterocycles. The number of hydrogen-bond donors (Lipinski definition) is 0. The molecule has 0 spiro atoms. The Hall–Kier alpha value is -1.84. The third kappa shape index (κ3) is 3.83. The number of rotatable bonds is 5. The van der Waals surface area contributed by atoms with Gasteiger partial charge in [-0.2, -0.15) is 0 Å². The lowest BCUT2D eigenvalue weighted by Gasteiger charge is -2.22. The van der Waals surface area contributed by atoms with Crippen molar-refractivity contribution in [3.8, 4) is 5.75 Å². The maximum atomic E-state index is 11.7. The fraction of sp³-hybridized carbons (Fsp3) is 0.500. The molecular weight excluding hydrogens is 256 g/mol. The Balaban J connectivity index is 1.95. The Labute approximate surface area is 119 Å². The lowest BCUT2D eigenvalue weighted by Crippen LogP contribution is -2.20. The normalized spacial score (nSPS) is 15.7. The molecule has 0 radical (unpaired) electrons. The van der Waals surface area contributed by atoms with Crippen LogP contribution in [-0.4, -0.2) is 24.5 Å². The quantitative estimate of drug-likeness (QED) is 0.471. The van der Waals surface area contributed by atoms with Gasteiger partial charge in [0.15, 0.2) is 0 Å². The molecule has 0 unspecified atom stereocenters. The minimum atomic E-state index is -0.812. The highest BCUT2D eigenvalue weighted by molar-refractivity contribution is 6.40. The molecule has 1 aromatic carbocycles. The van der Waals surface area contributed by atoms with Crippen molar-refractivity contribution in [2.45, 2.75) is 45.1 Å². The van der Waals surface area contributed by atoms with Gasteiger partial charge in [0.25, 0.3) is 5.78 Å². The minimum absolute atomic E-state index is 0.202. The highest BCUT2D eigenvalue weighted by Crippen LogP contribution is 2.23. The number of carbonyl (C=O) groups excluding carboxylic acids is 2. The third-order valence-corrected chi connectivity index (χ3v) is 3.43. The molecule has 20 heavy (non-hydrogen) atoms. The molecule has 2 rings (SSSR count). The van der Waals surface area contributed by atoms with Crippen LogP contribution in [0.25, 0.3) is 0 Å². The van der Waals surface area contributed by atoms with Gasteiger partial charge in [-0.1, -0.05) is 6.42 Å². The molecule has 1 aromatic rings. The van der Waals surface area contributed by atoms with Crippen LogP contribution in [-0.2, 0) is 9.53 Å². The first-order valence-corrected chi connectivity index (χ1v) is 7.19. The molecule has 1 aliphatic carbocycles. The van der Waals surface area contributed by atoms with Crippen LogP contribution in [0, 0.1) is 0 Å². The van der Waals surface area contributed by atoms with Crippen molar-refractivity contribution in [3.05, 3.63) is 29.8 Å². The predicted octanol–water partition coefficient (Wildman–Crippen LogP) is 3.14. The van der Waals surface area contributed by atoms with E-state index in [2.05, 4.69) is 0 Å². The average molecular weight is 276 g/mol. The van der Waals surface area contributed by atoms with E-state index in [1.807, 2.05) is 0 Å².